The number of aromatic nitrogens is 2. The van der Waals surface area contributed by atoms with Crippen LogP contribution in [0.5, 0.6) is 5.75 Å². The zero-order chi connectivity index (χ0) is 28.4. The standard InChI is InChI=1S/C23H30N6O9/c1-11(30)19(23(37)38)29-22(36)16(7-13-9-25-10-26-13)28-21(35)17(8-18(32)33)27-20(34)15(24)6-12-2-4-14(31)5-3-12/h2-5,9-11,15-17,19,30-31H,6-8,24H2,1H3,(H,25,26)(H,27,34)(H,28,35)(H,29,36)(H,32,33)(H,37,38). The molecule has 2 rings (SSSR count). The van der Waals surface area contributed by atoms with Gasteiger partial charge in [-0.2, -0.15) is 0 Å². The van der Waals surface area contributed by atoms with Crippen LogP contribution in [0.2, 0.25) is 0 Å². The number of amides is 3. The van der Waals surface area contributed by atoms with E-state index in [2.05, 4.69) is 25.9 Å². The third-order valence-corrected chi connectivity index (χ3v) is 5.40. The van der Waals surface area contributed by atoms with Gasteiger partial charge in [0, 0.05) is 18.3 Å². The van der Waals surface area contributed by atoms with Crippen molar-refractivity contribution in [2.75, 3.05) is 0 Å². The van der Waals surface area contributed by atoms with Gasteiger partial charge in [-0.3, -0.25) is 19.2 Å². The molecule has 38 heavy (non-hydrogen) atoms. The highest BCUT2D eigenvalue weighted by atomic mass is 16.4. The summed E-state index contributed by atoms with van der Waals surface area (Å²) >= 11 is 0. The molecule has 15 nitrogen and oxygen atoms in total. The van der Waals surface area contributed by atoms with E-state index in [4.69, 9.17) is 5.73 Å². The molecule has 0 saturated carbocycles. The van der Waals surface area contributed by atoms with E-state index >= 15 is 0 Å². The molecule has 0 radical (unpaired) electrons. The number of phenolic OH excluding ortho intramolecular Hbond substituents is 1. The normalized spacial score (nSPS) is 14.8. The van der Waals surface area contributed by atoms with Crippen molar-refractivity contribution >= 4 is 29.7 Å². The van der Waals surface area contributed by atoms with Crippen molar-refractivity contribution in [1.29, 1.82) is 0 Å². The highest BCUT2D eigenvalue weighted by Gasteiger charge is 2.33. The predicted octanol–water partition coefficient (Wildman–Crippen LogP) is -2.38. The summed E-state index contributed by atoms with van der Waals surface area (Å²) in [4.78, 5) is 67.8. The number of nitrogens with two attached hydrogens (primary N) is 1. The molecule has 0 aliphatic carbocycles. The van der Waals surface area contributed by atoms with Gasteiger partial charge in [0.05, 0.1) is 24.9 Å². The maximum Gasteiger partial charge on any atom is 0.328 e. The van der Waals surface area contributed by atoms with E-state index in [9.17, 15) is 44.4 Å². The Morgan fingerprint density at radius 3 is 2.08 bits per heavy atom. The Hall–Kier alpha value is -4.50. The number of hydrogen-bond donors (Lipinski definition) is 9. The van der Waals surface area contributed by atoms with E-state index in [0.29, 0.717) is 11.3 Å². The van der Waals surface area contributed by atoms with E-state index in [1.807, 2.05) is 0 Å². The molecule has 0 aliphatic heterocycles. The van der Waals surface area contributed by atoms with Gasteiger partial charge in [-0.25, -0.2) is 9.78 Å². The predicted molar refractivity (Wildman–Crippen MR) is 129 cm³/mol. The fourth-order valence-corrected chi connectivity index (χ4v) is 3.38. The maximum atomic E-state index is 13.0. The number of carbonyl (C=O) groups is 5. The van der Waals surface area contributed by atoms with E-state index in [1.54, 1.807) is 12.1 Å². The van der Waals surface area contributed by atoms with Crippen molar-refractivity contribution in [1.82, 2.24) is 25.9 Å². The van der Waals surface area contributed by atoms with Crippen molar-refractivity contribution in [2.24, 2.45) is 5.73 Å². The van der Waals surface area contributed by atoms with Crippen LogP contribution < -0.4 is 21.7 Å². The molecular formula is C23H30N6O9. The first-order chi connectivity index (χ1) is 17.9. The fourth-order valence-electron chi connectivity index (χ4n) is 3.38. The molecule has 0 fully saturated rings. The minimum Gasteiger partial charge on any atom is -0.508 e. The lowest BCUT2D eigenvalue weighted by atomic mass is 10.0. The maximum absolute atomic E-state index is 13.0. The number of aromatic amines is 1. The Bertz CT molecular complexity index is 1120. The summed E-state index contributed by atoms with van der Waals surface area (Å²) < 4.78 is 0. The van der Waals surface area contributed by atoms with Gasteiger partial charge in [0.1, 0.15) is 17.8 Å². The van der Waals surface area contributed by atoms with Gasteiger partial charge in [-0.1, -0.05) is 12.1 Å². The van der Waals surface area contributed by atoms with Gasteiger partial charge in [0.15, 0.2) is 6.04 Å². The number of aromatic hydroxyl groups is 1. The number of carbonyl (C=O) groups excluding carboxylic acids is 3. The number of carboxylic acid groups (broad SMARTS) is 2. The molecule has 1 aromatic heterocycles. The van der Waals surface area contributed by atoms with Crippen molar-refractivity contribution in [2.45, 2.75) is 56.5 Å². The number of imidazole rings is 1. The molecule has 0 saturated heterocycles. The summed E-state index contributed by atoms with van der Waals surface area (Å²) in [5.74, 6) is -5.78. The third kappa shape index (κ3) is 9.18. The summed E-state index contributed by atoms with van der Waals surface area (Å²) in [5.41, 5.74) is 6.89. The minimum absolute atomic E-state index is 0.0156. The molecule has 0 spiro atoms. The van der Waals surface area contributed by atoms with Crippen LogP contribution in [-0.4, -0.2) is 90.3 Å². The van der Waals surface area contributed by atoms with Crippen molar-refractivity contribution in [3.8, 4) is 5.75 Å². The van der Waals surface area contributed by atoms with Crippen LogP contribution in [0.4, 0.5) is 0 Å². The van der Waals surface area contributed by atoms with Crippen molar-refractivity contribution in [3.05, 3.63) is 48.0 Å². The summed E-state index contributed by atoms with van der Waals surface area (Å²) in [6.07, 6.45) is 0.188. The molecule has 1 heterocycles. The van der Waals surface area contributed by atoms with Gasteiger partial charge in [0.25, 0.3) is 0 Å². The molecule has 15 heteroatoms. The van der Waals surface area contributed by atoms with Crippen LogP contribution in [0.15, 0.2) is 36.8 Å². The first-order valence-electron chi connectivity index (χ1n) is 11.4. The third-order valence-electron chi connectivity index (χ3n) is 5.40. The van der Waals surface area contributed by atoms with E-state index in [-0.39, 0.29) is 18.6 Å². The first kappa shape index (κ1) is 29.7. The van der Waals surface area contributed by atoms with Gasteiger partial charge in [-0.05, 0) is 31.0 Å². The molecular weight excluding hydrogens is 504 g/mol. The van der Waals surface area contributed by atoms with Gasteiger partial charge >= 0.3 is 11.9 Å². The molecule has 10 N–H and O–H groups in total. The molecule has 5 atom stereocenters. The number of aliphatic carboxylic acids is 2. The zero-order valence-corrected chi connectivity index (χ0v) is 20.3. The summed E-state index contributed by atoms with van der Waals surface area (Å²) in [6, 6.07) is -0.0281. The molecule has 3 amide bonds. The lowest BCUT2D eigenvalue weighted by Crippen LogP contribution is -2.59. The number of benzene rings is 1. The molecule has 206 valence electrons. The number of rotatable bonds is 14. The van der Waals surface area contributed by atoms with Crippen LogP contribution in [0.1, 0.15) is 24.6 Å². The summed E-state index contributed by atoms with van der Waals surface area (Å²) in [7, 11) is 0. The lowest BCUT2D eigenvalue weighted by molar-refractivity contribution is -0.145. The number of hydrogen-bond acceptors (Lipinski definition) is 9. The number of nitrogens with one attached hydrogen (secondary N) is 4. The first-order valence-corrected chi connectivity index (χ1v) is 11.4. The number of aliphatic hydroxyl groups excluding tert-OH is 1. The average molecular weight is 535 g/mol. The van der Waals surface area contributed by atoms with Crippen LogP contribution in [0.3, 0.4) is 0 Å². The summed E-state index contributed by atoms with van der Waals surface area (Å²) in [5, 5.41) is 44.3. The largest absolute Gasteiger partial charge is 0.508 e. The monoisotopic (exact) mass is 534 g/mol. The Kier molecular flexibility index (Phi) is 10.7. The summed E-state index contributed by atoms with van der Waals surface area (Å²) in [6.45, 7) is 1.15. The van der Waals surface area contributed by atoms with E-state index in [1.165, 1.54) is 24.7 Å². The van der Waals surface area contributed by atoms with E-state index in [0.717, 1.165) is 6.92 Å². The van der Waals surface area contributed by atoms with Crippen LogP contribution in [0.25, 0.3) is 0 Å². The second-order valence-corrected chi connectivity index (χ2v) is 8.54. The highest BCUT2D eigenvalue weighted by Crippen LogP contribution is 2.11. The van der Waals surface area contributed by atoms with Crippen LogP contribution in [-0.2, 0) is 36.8 Å². The Morgan fingerprint density at radius 2 is 1.55 bits per heavy atom. The van der Waals surface area contributed by atoms with Crippen molar-refractivity contribution < 1.29 is 44.4 Å². The number of nitrogens with zero attached hydrogens (tertiary/aromatic N) is 1. The van der Waals surface area contributed by atoms with Crippen molar-refractivity contribution in [3.63, 3.8) is 0 Å². The SMILES string of the molecule is CC(O)C(NC(=O)C(Cc1cnc[nH]1)NC(=O)C(CC(=O)O)NC(=O)C(N)Cc1ccc(O)cc1)C(=O)O. The number of H-pyrrole nitrogens is 1. The Balaban J connectivity index is 2.17. The topological polar surface area (TPSA) is 257 Å². The second kappa shape index (κ2) is 13.7. The average Bonchev–Trinajstić information content (AvgIpc) is 3.35. The second-order valence-electron chi connectivity index (χ2n) is 8.54. The molecule has 5 unspecified atom stereocenters. The zero-order valence-electron chi connectivity index (χ0n) is 20.3. The molecule has 0 aliphatic rings. The highest BCUT2D eigenvalue weighted by molar-refractivity contribution is 5.95. The van der Waals surface area contributed by atoms with Gasteiger partial charge in [-0.15, -0.1) is 0 Å². The fraction of sp³-hybridized carbons (Fsp3) is 0.391. The van der Waals surface area contributed by atoms with Gasteiger partial charge < -0.3 is 47.1 Å². The van der Waals surface area contributed by atoms with E-state index < -0.39 is 66.4 Å². The molecule has 0 bridgehead atoms. The number of aliphatic hydroxyl groups is 1. The Morgan fingerprint density at radius 1 is 0.947 bits per heavy atom. The number of phenols is 1. The van der Waals surface area contributed by atoms with Crippen LogP contribution >= 0.6 is 0 Å². The molecule has 1 aromatic carbocycles. The van der Waals surface area contributed by atoms with Crippen LogP contribution in [0, 0.1) is 0 Å². The minimum atomic E-state index is -1.68. The molecule has 2 aromatic rings. The quantitative estimate of drug-likeness (QED) is 0.124. The number of carboxylic acids is 2. The lowest BCUT2D eigenvalue weighted by Gasteiger charge is -2.25. The van der Waals surface area contributed by atoms with Gasteiger partial charge in [0.2, 0.25) is 17.7 Å². The Labute approximate surface area is 216 Å². The smallest absolute Gasteiger partial charge is 0.328 e.